The molecule has 0 heterocycles. The van der Waals surface area contributed by atoms with Crippen molar-refractivity contribution in [2.24, 2.45) is 23.1 Å². The number of Topliss-reactive ketones (excluding diaryl/α,β-unsaturated/α-hetero) is 1. The summed E-state index contributed by atoms with van der Waals surface area (Å²) in [5.41, 5.74) is 13.7. The first-order chi connectivity index (χ1) is 22.1. The number of hydrogen-bond donors (Lipinski definition) is 2. The highest BCUT2D eigenvalue weighted by molar-refractivity contribution is 5.89. The Balaban J connectivity index is 1.59. The van der Waals surface area contributed by atoms with Crippen molar-refractivity contribution >= 4 is 17.2 Å². The zero-order valence-corrected chi connectivity index (χ0v) is 30.3. The molecule has 4 rings (SSSR count). The third kappa shape index (κ3) is 8.20. The molecule has 3 aromatic rings. The van der Waals surface area contributed by atoms with Crippen molar-refractivity contribution in [3.8, 4) is 5.75 Å². The molecule has 0 spiro atoms. The molecule has 1 aliphatic rings. The van der Waals surface area contributed by atoms with E-state index in [2.05, 4.69) is 58.9 Å². The van der Waals surface area contributed by atoms with Crippen LogP contribution in [0.4, 0.5) is 15.8 Å². The first kappa shape index (κ1) is 36.5. The Morgan fingerprint density at radius 2 is 1.77 bits per heavy atom. The number of carbonyl (C=O) groups excluding carboxylic acids is 1. The fourth-order valence-corrected chi connectivity index (χ4v) is 7.10. The lowest BCUT2D eigenvalue weighted by Crippen LogP contribution is -2.39. The standard InChI is InChI=1S/C41H58FN3O2/c1-10-40(5,6)47-38-29(16-13-19-34(38)42)15-11-14-26(2)24-32-25-31(21-20-27(32)3)36(41(7,8)39(46)30-17-12-18-30)33-22-23-35(45(9)44)37(43)28(33)4/h13,16,19-23,25-26,30,36H,10-12,14-15,17-18,24,43-44H2,1-9H3/t26-,36?/m1/s1. The van der Waals surface area contributed by atoms with Crippen molar-refractivity contribution in [2.75, 3.05) is 17.8 Å². The van der Waals surface area contributed by atoms with Crippen LogP contribution in [0.1, 0.15) is 119 Å². The molecule has 5 nitrogen and oxygen atoms in total. The van der Waals surface area contributed by atoms with Crippen LogP contribution >= 0.6 is 0 Å². The van der Waals surface area contributed by atoms with Crippen LogP contribution in [0.25, 0.3) is 0 Å². The molecule has 6 heteroatoms. The summed E-state index contributed by atoms with van der Waals surface area (Å²) in [6.45, 7) is 16.8. The minimum atomic E-state index is -0.617. The lowest BCUT2D eigenvalue weighted by atomic mass is 9.62. The highest BCUT2D eigenvalue weighted by Crippen LogP contribution is 2.48. The predicted octanol–water partition coefficient (Wildman–Crippen LogP) is 9.63. The fraction of sp³-hybridized carbons (Fsp3) is 0.537. The number of benzene rings is 3. The van der Waals surface area contributed by atoms with E-state index in [9.17, 15) is 9.18 Å². The van der Waals surface area contributed by atoms with Gasteiger partial charge in [-0.2, -0.15) is 0 Å². The van der Waals surface area contributed by atoms with E-state index in [1.54, 1.807) is 18.1 Å². The molecule has 1 fully saturated rings. The molecule has 0 aromatic heterocycles. The van der Waals surface area contributed by atoms with Crippen LogP contribution in [0, 0.1) is 36.9 Å². The van der Waals surface area contributed by atoms with E-state index >= 15 is 0 Å². The Morgan fingerprint density at radius 1 is 1.06 bits per heavy atom. The summed E-state index contributed by atoms with van der Waals surface area (Å²) in [6, 6.07) is 16.1. The number of ketones is 1. The summed E-state index contributed by atoms with van der Waals surface area (Å²) in [4.78, 5) is 14.0. The number of anilines is 2. The lowest BCUT2D eigenvalue weighted by Gasteiger charge is -2.40. The molecular formula is C41H58FN3O2. The third-order valence-corrected chi connectivity index (χ3v) is 10.8. The SMILES string of the molecule is CCC(C)(C)Oc1c(F)cccc1CCC[C@@H](C)Cc1cc(C(c2ccc(N(C)N)c(N)c2C)C(C)(C)C(=O)C2CCC2)ccc1C. The maximum absolute atomic E-state index is 14.8. The van der Waals surface area contributed by atoms with Gasteiger partial charge in [0.25, 0.3) is 0 Å². The number of ether oxygens (including phenoxy) is 1. The molecule has 3 aromatic carbocycles. The predicted molar refractivity (Wildman–Crippen MR) is 195 cm³/mol. The Bertz CT molecular complexity index is 1560. The van der Waals surface area contributed by atoms with E-state index < -0.39 is 11.0 Å². The average Bonchev–Trinajstić information content (AvgIpc) is 2.97. The van der Waals surface area contributed by atoms with Gasteiger partial charge in [-0.15, -0.1) is 0 Å². The van der Waals surface area contributed by atoms with Gasteiger partial charge in [0.05, 0.1) is 11.4 Å². The van der Waals surface area contributed by atoms with Crippen molar-refractivity contribution in [3.63, 3.8) is 0 Å². The first-order valence-electron chi connectivity index (χ1n) is 17.5. The van der Waals surface area contributed by atoms with Crippen molar-refractivity contribution < 1.29 is 13.9 Å². The second kappa shape index (κ2) is 14.8. The van der Waals surface area contributed by atoms with E-state index in [-0.39, 0.29) is 17.7 Å². The minimum absolute atomic E-state index is 0.126. The molecular weight excluding hydrogens is 585 g/mol. The fourth-order valence-electron chi connectivity index (χ4n) is 7.10. The molecule has 47 heavy (non-hydrogen) atoms. The van der Waals surface area contributed by atoms with Crippen molar-refractivity contribution in [2.45, 2.75) is 118 Å². The molecule has 2 atom stereocenters. The van der Waals surface area contributed by atoms with Gasteiger partial charge in [0, 0.05) is 24.3 Å². The second-order valence-corrected chi connectivity index (χ2v) is 15.3. The summed E-state index contributed by atoms with van der Waals surface area (Å²) in [6.07, 6.45) is 7.52. The van der Waals surface area contributed by atoms with Crippen LogP contribution in [0.2, 0.25) is 0 Å². The molecule has 1 saturated carbocycles. The van der Waals surface area contributed by atoms with Gasteiger partial charge < -0.3 is 15.5 Å². The van der Waals surface area contributed by atoms with Gasteiger partial charge in [0.2, 0.25) is 0 Å². The highest BCUT2D eigenvalue weighted by atomic mass is 19.1. The average molecular weight is 644 g/mol. The number of nitrogens with two attached hydrogens (primary N) is 2. The van der Waals surface area contributed by atoms with Crippen LogP contribution < -0.4 is 21.3 Å². The Hall–Kier alpha value is -3.38. The highest BCUT2D eigenvalue weighted by Gasteiger charge is 2.44. The van der Waals surface area contributed by atoms with Crippen LogP contribution in [0.3, 0.4) is 0 Å². The Kier molecular flexibility index (Phi) is 11.5. The summed E-state index contributed by atoms with van der Waals surface area (Å²) < 4.78 is 20.9. The van der Waals surface area contributed by atoms with Gasteiger partial charge in [-0.25, -0.2) is 10.2 Å². The van der Waals surface area contributed by atoms with Crippen molar-refractivity contribution in [3.05, 3.63) is 87.7 Å². The zero-order valence-electron chi connectivity index (χ0n) is 30.3. The van der Waals surface area contributed by atoms with Gasteiger partial charge in [0.15, 0.2) is 11.6 Å². The van der Waals surface area contributed by atoms with E-state index in [0.717, 1.165) is 79.3 Å². The number of halogens is 1. The maximum atomic E-state index is 14.8. The number of para-hydroxylation sites is 1. The van der Waals surface area contributed by atoms with Crippen molar-refractivity contribution in [1.82, 2.24) is 0 Å². The maximum Gasteiger partial charge on any atom is 0.165 e. The van der Waals surface area contributed by atoms with E-state index in [1.165, 1.54) is 17.2 Å². The molecule has 0 radical (unpaired) electrons. The van der Waals surface area contributed by atoms with Gasteiger partial charge >= 0.3 is 0 Å². The molecule has 4 N–H and O–H groups in total. The summed E-state index contributed by atoms with van der Waals surface area (Å²) in [5, 5.41) is 1.55. The smallest absolute Gasteiger partial charge is 0.165 e. The van der Waals surface area contributed by atoms with Crippen LogP contribution in [0.15, 0.2) is 48.5 Å². The molecule has 256 valence electrons. The van der Waals surface area contributed by atoms with Gasteiger partial charge in [-0.3, -0.25) is 4.79 Å². The number of nitrogens with zero attached hydrogens (tertiary/aromatic N) is 1. The number of rotatable bonds is 15. The lowest BCUT2D eigenvalue weighted by molar-refractivity contribution is -0.134. The van der Waals surface area contributed by atoms with Crippen LogP contribution in [-0.4, -0.2) is 18.4 Å². The normalized spacial score (nSPS) is 15.2. The van der Waals surface area contributed by atoms with Gasteiger partial charge in [-0.1, -0.05) is 76.9 Å². The minimum Gasteiger partial charge on any atom is -0.485 e. The first-order valence-corrected chi connectivity index (χ1v) is 17.5. The molecule has 0 saturated heterocycles. The largest absolute Gasteiger partial charge is 0.485 e. The van der Waals surface area contributed by atoms with Crippen molar-refractivity contribution in [1.29, 1.82) is 0 Å². The number of aryl methyl sites for hydroxylation is 2. The molecule has 0 aliphatic heterocycles. The summed E-state index contributed by atoms with van der Waals surface area (Å²) in [5.74, 6) is 6.93. The van der Waals surface area contributed by atoms with E-state index in [1.807, 2.05) is 32.9 Å². The number of hydrogen-bond acceptors (Lipinski definition) is 5. The Morgan fingerprint density at radius 3 is 2.38 bits per heavy atom. The zero-order chi connectivity index (χ0) is 34.7. The van der Waals surface area contributed by atoms with Crippen LogP contribution in [0.5, 0.6) is 5.75 Å². The van der Waals surface area contributed by atoms with Crippen LogP contribution in [-0.2, 0) is 17.6 Å². The Labute approximate surface area is 283 Å². The molecule has 1 unspecified atom stereocenters. The number of nitrogen functional groups attached to an aromatic ring is 1. The number of carbonyl (C=O) groups is 1. The molecule has 1 aliphatic carbocycles. The van der Waals surface area contributed by atoms with E-state index in [0.29, 0.717) is 23.1 Å². The number of hydrazine groups is 1. The second-order valence-electron chi connectivity index (χ2n) is 15.3. The monoisotopic (exact) mass is 643 g/mol. The molecule has 0 bridgehead atoms. The summed E-state index contributed by atoms with van der Waals surface area (Å²) >= 11 is 0. The topological polar surface area (TPSA) is 81.6 Å². The molecule has 0 amide bonds. The van der Waals surface area contributed by atoms with E-state index in [4.69, 9.17) is 16.3 Å². The summed E-state index contributed by atoms with van der Waals surface area (Å²) in [7, 11) is 1.79. The van der Waals surface area contributed by atoms with Gasteiger partial charge in [-0.05, 0) is 118 Å². The third-order valence-electron chi connectivity index (χ3n) is 10.8. The van der Waals surface area contributed by atoms with Gasteiger partial charge in [0.1, 0.15) is 11.4 Å². The quantitative estimate of drug-likeness (QED) is 0.0979.